The first-order chi connectivity index (χ1) is 17.4. The maximum absolute atomic E-state index is 12.8. The predicted octanol–water partition coefficient (Wildman–Crippen LogP) is 4.70. The molecule has 0 aliphatic rings. The summed E-state index contributed by atoms with van der Waals surface area (Å²) in [6.07, 6.45) is 0. The average Bonchev–Trinajstić information content (AvgIpc) is 3.45. The van der Waals surface area contributed by atoms with Crippen LogP contribution in [0.1, 0.15) is 76.3 Å². The third-order valence-electron chi connectivity index (χ3n) is 5.34. The molecule has 3 rings (SSSR count). The molecule has 0 atom stereocenters. The Morgan fingerprint density at radius 2 is 1.54 bits per heavy atom. The molecule has 2 aromatic heterocycles. The van der Waals surface area contributed by atoms with Gasteiger partial charge in [0.2, 0.25) is 11.7 Å². The maximum atomic E-state index is 12.8. The quantitative estimate of drug-likeness (QED) is 0.316. The predicted molar refractivity (Wildman–Crippen MR) is 133 cm³/mol. The summed E-state index contributed by atoms with van der Waals surface area (Å²) in [5, 5.41) is 10.6. The Hall–Kier alpha value is -4.02. The van der Waals surface area contributed by atoms with E-state index in [4.69, 9.17) is 18.5 Å². The third-order valence-corrected chi connectivity index (χ3v) is 5.34. The molecule has 0 unspecified atom stereocenters. The topological polar surface area (TPSA) is 147 Å². The lowest BCUT2D eigenvalue weighted by Crippen LogP contribution is -2.23. The molecule has 0 fully saturated rings. The van der Waals surface area contributed by atoms with Crippen molar-refractivity contribution in [2.75, 3.05) is 6.54 Å². The van der Waals surface area contributed by atoms with Gasteiger partial charge in [0.15, 0.2) is 11.5 Å². The number of benzene rings is 1. The fourth-order valence-corrected chi connectivity index (χ4v) is 3.31. The summed E-state index contributed by atoms with van der Waals surface area (Å²) in [4.78, 5) is 42.1. The largest absolute Gasteiger partial charge is 0.426 e. The highest BCUT2D eigenvalue weighted by molar-refractivity contribution is 6.01. The van der Waals surface area contributed by atoms with Crippen LogP contribution < -0.4 is 14.8 Å². The fourth-order valence-electron chi connectivity index (χ4n) is 3.31. The van der Waals surface area contributed by atoms with Gasteiger partial charge in [0.05, 0.1) is 17.4 Å². The Labute approximate surface area is 214 Å². The Morgan fingerprint density at radius 3 is 2.05 bits per heavy atom. The minimum absolute atomic E-state index is 0.0554. The van der Waals surface area contributed by atoms with Crippen molar-refractivity contribution in [2.24, 2.45) is 11.8 Å². The molecular weight excluding hydrogens is 480 g/mol. The second-order valence-corrected chi connectivity index (χ2v) is 9.42. The van der Waals surface area contributed by atoms with E-state index in [9.17, 15) is 14.4 Å². The summed E-state index contributed by atoms with van der Waals surface area (Å²) in [5.41, 5.74) is 1.08. The molecule has 0 bridgehead atoms. The summed E-state index contributed by atoms with van der Waals surface area (Å²) in [7, 11) is 0. The summed E-state index contributed by atoms with van der Waals surface area (Å²) in [6.45, 7) is 14.4. The Balaban J connectivity index is 2.32. The van der Waals surface area contributed by atoms with E-state index >= 15 is 0 Å². The van der Waals surface area contributed by atoms with Crippen molar-refractivity contribution in [1.82, 2.24) is 20.6 Å². The number of aromatic nitrogens is 3. The first-order valence-corrected chi connectivity index (χ1v) is 12.1. The monoisotopic (exact) mass is 512 g/mol. The molecule has 37 heavy (non-hydrogen) atoms. The molecule has 0 aliphatic carbocycles. The van der Waals surface area contributed by atoms with Gasteiger partial charge in [-0.15, -0.1) is 0 Å². The molecule has 0 radical (unpaired) electrons. The standard InChI is InChI=1S/C26H32N4O7/c1-9-27-24(31)21-20(23-28-15(8)36-30-23)22(37-29-21)17-10-16(12(2)3)18(34-25(32)13(4)5)11-19(17)35-26(33)14(6)7/h10-14H,9H2,1-8H3,(H,27,31). The van der Waals surface area contributed by atoms with Crippen LogP contribution in [-0.2, 0) is 9.59 Å². The first kappa shape index (κ1) is 27.6. The first-order valence-electron chi connectivity index (χ1n) is 12.1. The van der Waals surface area contributed by atoms with Crippen molar-refractivity contribution < 1.29 is 32.9 Å². The van der Waals surface area contributed by atoms with E-state index in [1.165, 1.54) is 6.07 Å². The van der Waals surface area contributed by atoms with Gasteiger partial charge in [0.1, 0.15) is 17.1 Å². The summed E-state index contributed by atoms with van der Waals surface area (Å²) in [6, 6.07) is 3.17. The highest BCUT2D eigenvalue weighted by Gasteiger charge is 2.31. The maximum Gasteiger partial charge on any atom is 0.313 e. The van der Waals surface area contributed by atoms with Gasteiger partial charge in [0, 0.05) is 19.5 Å². The van der Waals surface area contributed by atoms with Gasteiger partial charge in [-0.3, -0.25) is 14.4 Å². The number of carbonyl (C=O) groups is 3. The molecule has 1 N–H and O–H groups in total. The number of ether oxygens (including phenoxy) is 2. The molecule has 0 spiro atoms. The second kappa shape index (κ2) is 11.4. The molecule has 3 aromatic rings. The zero-order chi connectivity index (χ0) is 27.4. The third kappa shape index (κ3) is 6.04. The summed E-state index contributed by atoms with van der Waals surface area (Å²) < 4.78 is 22.2. The minimum atomic E-state index is -0.514. The molecule has 0 aliphatic heterocycles. The van der Waals surface area contributed by atoms with Gasteiger partial charge in [0.25, 0.3) is 5.91 Å². The van der Waals surface area contributed by atoms with E-state index in [0.29, 0.717) is 17.7 Å². The highest BCUT2D eigenvalue weighted by Crippen LogP contribution is 2.43. The van der Waals surface area contributed by atoms with Crippen LogP contribution in [0.2, 0.25) is 0 Å². The highest BCUT2D eigenvalue weighted by atomic mass is 16.5. The van der Waals surface area contributed by atoms with Crippen LogP contribution in [0.3, 0.4) is 0 Å². The average molecular weight is 513 g/mol. The van der Waals surface area contributed by atoms with Gasteiger partial charge in [-0.25, -0.2) is 0 Å². The van der Waals surface area contributed by atoms with E-state index in [2.05, 4.69) is 20.6 Å². The van der Waals surface area contributed by atoms with Crippen LogP contribution in [-0.4, -0.2) is 39.7 Å². The van der Waals surface area contributed by atoms with Gasteiger partial charge >= 0.3 is 11.9 Å². The lowest BCUT2D eigenvalue weighted by molar-refractivity contribution is -0.138. The Morgan fingerprint density at radius 1 is 0.919 bits per heavy atom. The Bertz CT molecular complexity index is 1300. The lowest BCUT2D eigenvalue weighted by atomic mass is 9.96. The SMILES string of the molecule is CCNC(=O)c1noc(-c2cc(C(C)C)c(OC(=O)C(C)C)cc2OC(=O)C(C)C)c1-c1noc(C)n1. The van der Waals surface area contributed by atoms with E-state index < -0.39 is 23.8 Å². The molecule has 1 amide bonds. The van der Waals surface area contributed by atoms with Crippen LogP contribution in [0, 0.1) is 18.8 Å². The van der Waals surface area contributed by atoms with Crippen LogP contribution in [0.15, 0.2) is 21.2 Å². The molecule has 1 aromatic carbocycles. The van der Waals surface area contributed by atoms with E-state index in [-0.39, 0.29) is 52.1 Å². The number of hydrogen-bond acceptors (Lipinski definition) is 10. The molecule has 0 saturated carbocycles. The van der Waals surface area contributed by atoms with Crippen molar-refractivity contribution in [2.45, 2.75) is 61.3 Å². The second-order valence-electron chi connectivity index (χ2n) is 9.42. The molecule has 11 nitrogen and oxygen atoms in total. The van der Waals surface area contributed by atoms with Gasteiger partial charge in [-0.2, -0.15) is 4.98 Å². The van der Waals surface area contributed by atoms with Gasteiger partial charge < -0.3 is 23.8 Å². The van der Waals surface area contributed by atoms with Crippen molar-refractivity contribution in [3.05, 3.63) is 29.3 Å². The summed E-state index contributed by atoms with van der Waals surface area (Å²) in [5.74, 6) is -1.59. The number of nitrogens with one attached hydrogen (secondary N) is 1. The zero-order valence-corrected chi connectivity index (χ0v) is 22.3. The normalized spacial score (nSPS) is 11.3. The van der Waals surface area contributed by atoms with Crippen LogP contribution in [0.25, 0.3) is 22.7 Å². The Kier molecular flexibility index (Phi) is 8.46. The lowest BCUT2D eigenvalue weighted by Gasteiger charge is -2.18. The van der Waals surface area contributed by atoms with Crippen molar-refractivity contribution >= 4 is 17.8 Å². The van der Waals surface area contributed by atoms with E-state index in [1.54, 1.807) is 47.6 Å². The summed E-state index contributed by atoms with van der Waals surface area (Å²) >= 11 is 0. The molecule has 2 heterocycles. The van der Waals surface area contributed by atoms with Crippen LogP contribution >= 0.6 is 0 Å². The van der Waals surface area contributed by atoms with Crippen molar-refractivity contribution in [3.8, 4) is 34.2 Å². The molecular formula is C26H32N4O7. The molecule has 11 heteroatoms. The number of hydrogen-bond donors (Lipinski definition) is 1. The number of nitrogens with zero attached hydrogens (tertiary/aromatic N) is 3. The van der Waals surface area contributed by atoms with Gasteiger partial charge in [-0.05, 0) is 24.5 Å². The van der Waals surface area contributed by atoms with Crippen molar-refractivity contribution in [3.63, 3.8) is 0 Å². The molecule has 0 saturated heterocycles. The fraction of sp³-hybridized carbons (Fsp3) is 0.462. The zero-order valence-electron chi connectivity index (χ0n) is 22.3. The van der Waals surface area contributed by atoms with Crippen LogP contribution in [0.5, 0.6) is 11.5 Å². The van der Waals surface area contributed by atoms with Crippen LogP contribution in [0.4, 0.5) is 0 Å². The number of carbonyl (C=O) groups excluding carboxylic acids is 3. The van der Waals surface area contributed by atoms with E-state index in [0.717, 1.165) is 0 Å². The van der Waals surface area contributed by atoms with E-state index in [1.807, 2.05) is 13.8 Å². The molecule has 198 valence electrons. The van der Waals surface area contributed by atoms with Gasteiger partial charge in [-0.1, -0.05) is 51.9 Å². The smallest absolute Gasteiger partial charge is 0.313 e. The number of rotatable bonds is 9. The van der Waals surface area contributed by atoms with Crippen molar-refractivity contribution in [1.29, 1.82) is 0 Å². The minimum Gasteiger partial charge on any atom is -0.426 e. The number of esters is 2. The number of aryl methyl sites for hydroxylation is 1. The number of amides is 1.